The van der Waals surface area contributed by atoms with Crippen molar-refractivity contribution in [2.45, 2.75) is 25.4 Å². The molecule has 7 heteroatoms. The Morgan fingerprint density at radius 2 is 2.24 bits per heavy atom. The molecule has 2 aromatic rings. The first kappa shape index (κ1) is 17.4. The molecule has 0 radical (unpaired) electrons. The topological polar surface area (TPSA) is 66.3 Å². The van der Waals surface area contributed by atoms with Gasteiger partial charge in [0.15, 0.2) is 0 Å². The fourth-order valence-electron chi connectivity index (χ4n) is 3.24. The van der Waals surface area contributed by atoms with Gasteiger partial charge in [-0.15, -0.1) is 0 Å². The number of hydrogen-bond donors (Lipinski definition) is 1. The van der Waals surface area contributed by atoms with E-state index in [2.05, 4.69) is 32.4 Å². The van der Waals surface area contributed by atoms with Crippen molar-refractivity contribution in [1.29, 1.82) is 0 Å². The predicted molar refractivity (Wildman–Crippen MR) is 97.7 cm³/mol. The van der Waals surface area contributed by atoms with Gasteiger partial charge in [-0.3, -0.25) is 14.4 Å². The summed E-state index contributed by atoms with van der Waals surface area (Å²) in [6.07, 6.45) is 6.00. The lowest BCUT2D eigenvalue weighted by atomic mass is 10.1. The van der Waals surface area contributed by atoms with Crippen LogP contribution >= 0.6 is 0 Å². The van der Waals surface area contributed by atoms with Gasteiger partial charge in [-0.2, -0.15) is 5.10 Å². The Morgan fingerprint density at radius 3 is 3.00 bits per heavy atom. The second-order valence-corrected chi connectivity index (χ2v) is 6.71. The molecule has 3 rings (SSSR count). The van der Waals surface area contributed by atoms with E-state index in [1.807, 2.05) is 36.1 Å². The van der Waals surface area contributed by atoms with E-state index < -0.39 is 0 Å². The molecule has 25 heavy (non-hydrogen) atoms. The number of carbonyl (C=O) groups excluding carboxylic acids is 1. The standard InChI is InChI=1S/C18H26N6O/c1-19-18(25)16-7-10-24(21-16)15-5-4-9-23(13-15)12-14-6-8-20-17(11-14)22(2)3/h6-8,10-11,15H,4-5,9,12-13H2,1-3H3,(H,19,25)/t15-/m0/s1. The Labute approximate surface area is 148 Å². The number of likely N-dealkylation sites (tertiary alicyclic amines) is 1. The minimum atomic E-state index is -0.139. The van der Waals surface area contributed by atoms with Crippen molar-refractivity contribution < 1.29 is 4.79 Å². The zero-order valence-electron chi connectivity index (χ0n) is 15.1. The van der Waals surface area contributed by atoms with E-state index in [1.165, 1.54) is 5.56 Å². The molecule has 7 nitrogen and oxygen atoms in total. The molecule has 2 aromatic heterocycles. The molecule has 0 saturated carbocycles. The van der Waals surface area contributed by atoms with Crippen LogP contribution in [0.2, 0.25) is 0 Å². The van der Waals surface area contributed by atoms with Gasteiger partial charge in [-0.05, 0) is 43.1 Å². The zero-order chi connectivity index (χ0) is 17.8. The summed E-state index contributed by atoms with van der Waals surface area (Å²) in [7, 11) is 5.63. The highest BCUT2D eigenvalue weighted by atomic mass is 16.1. The van der Waals surface area contributed by atoms with Crippen LogP contribution in [0.1, 0.15) is 34.9 Å². The summed E-state index contributed by atoms with van der Waals surface area (Å²) in [5, 5.41) is 7.06. The maximum absolute atomic E-state index is 11.7. The molecule has 134 valence electrons. The second kappa shape index (κ2) is 7.65. The van der Waals surface area contributed by atoms with Crippen molar-refractivity contribution in [2.24, 2.45) is 0 Å². The first-order chi connectivity index (χ1) is 12.1. The molecule has 1 N–H and O–H groups in total. The molecule has 1 saturated heterocycles. The lowest BCUT2D eigenvalue weighted by molar-refractivity contribution is 0.0955. The number of rotatable bonds is 5. The van der Waals surface area contributed by atoms with Crippen molar-refractivity contribution in [3.8, 4) is 0 Å². The highest BCUT2D eigenvalue weighted by Gasteiger charge is 2.23. The van der Waals surface area contributed by atoms with Crippen LogP contribution in [0, 0.1) is 0 Å². The molecule has 1 aliphatic heterocycles. The molecule has 0 unspecified atom stereocenters. The number of nitrogens with zero attached hydrogens (tertiary/aromatic N) is 5. The minimum Gasteiger partial charge on any atom is -0.363 e. The molecule has 0 spiro atoms. The number of amides is 1. The van der Waals surface area contributed by atoms with Crippen molar-refractivity contribution in [1.82, 2.24) is 25.0 Å². The van der Waals surface area contributed by atoms with Crippen LogP contribution in [0.5, 0.6) is 0 Å². The normalized spacial score (nSPS) is 18.1. The Balaban J connectivity index is 1.66. The van der Waals surface area contributed by atoms with E-state index in [0.717, 1.165) is 38.3 Å². The summed E-state index contributed by atoms with van der Waals surface area (Å²) in [6, 6.07) is 6.31. The van der Waals surface area contributed by atoms with Crippen LogP contribution < -0.4 is 10.2 Å². The highest BCUT2D eigenvalue weighted by Crippen LogP contribution is 2.23. The summed E-state index contributed by atoms with van der Waals surface area (Å²) in [4.78, 5) is 20.5. The van der Waals surface area contributed by atoms with Gasteiger partial charge in [0.2, 0.25) is 0 Å². The Bertz CT molecular complexity index is 726. The molecular weight excluding hydrogens is 316 g/mol. The molecule has 1 fully saturated rings. The van der Waals surface area contributed by atoms with E-state index in [0.29, 0.717) is 11.7 Å². The van der Waals surface area contributed by atoms with E-state index in [4.69, 9.17) is 0 Å². The summed E-state index contributed by atoms with van der Waals surface area (Å²) in [5.41, 5.74) is 1.75. The third kappa shape index (κ3) is 4.17. The molecule has 1 atom stereocenters. The van der Waals surface area contributed by atoms with E-state index in [9.17, 15) is 4.79 Å². The van der Waals surface area contributed by atoms with Crippen molar-refractivity contribution in [2.75, 3.05) is 39.1 Å². The van der Waals surface area contributed by atoms with Crippen LogP contribution in [0.25, 0.3) is 0 Å². The molecule has 0 aliphatic carbocycles. The highest BCUT2D eigenvalue weighted by molar-refractivity contribution is 5.91. The van der Waals surface area contributed by atoms with E-state index in [1.54, 1.807) is 13.1 Å². The van der Waals surface area contributed by atoms with Crippen molar-refractivity contribution in [3.05, 3.63) is 41.9 Å². The number of anilines is 1. The molecule has 0 aromatic carbocycles. The number of piperidine rings is 1. The van der Waals surface area contributed by atoms with Crippen molar-refractivity contribution in [3.63, 3.8) is 0 Å². The lowest BCUT2D eigenvalue weighted by Crippen LogP contribution is -2.36. The number of carbonyl (C=O) groups is 1. The first-order valence-corrected chi connectivity index (χ1v) is 8.68. The molecule has 1 aliphatic rings. The minimum absolute atomic E-state index is 0.139. The average molecular weight is 342 g/mol. The zero-order valence-corrected chi connectivity index (χ0v) is 15.1. The van der Waals surface area contributed by atoms with Crippen LogP contribution in [-0.2, 0) is 6.54 Å². The van der Waals surface area contributed by atoms with Gasteiger partial charge in [-0.25, -0.2) is 4.98 Å². The monoisotopic (exact) mass is 342 g/mol. The maximum atomic E-state index is 11.7. The van der Waals surface area contributed by atoms with Crippen LogP contribution in [0.4, 0.5) is 5.82 Å². The van der Waals surface area contributed by atoms with Gasteiger partial charge >= 0.3 is 0 Å². The maximum Gasteiger partial charge on any atom is 0.271 e. The molecular formula is C18H26N6O. The van der Waals surface area contributed by atoms with Crippen LogP contribution in [-0.4, -0.2) is 59.8 Å². The van der Waals surface area contributed by atoms with Crippen LogP contribution in [0.3, 0.4) is 0 Å². The Morgan fingerprint density at radius 1 is 1.40 bits per heavy atom. The molecule has 1 amide bonds. The quantitative estimate of drug-likeness (QED) is 0.893. The number of pyridine rings is 1. The Hall–Kier alpha value is -2.41. The smallest absolute Gasteiger partial charge is 0.271 e. The number of hydrogen-bond acceptors (Lipinski definition) is 5. The fourth-order valence-corrected chi connectivity index (χ4v) is 3.24. The summed E-state index contributed by atoms with van der Waals surface area (Å²) in [5.74, 6) is 0.841. The lowest BCUT2D eigenvalue weighted by Gasteiger charge is -2.33. The fraction of sp³-hybridized carbons (Fsp3) is 0.500. The summed E-state index contributed by atoms with van der Waals surface area (Å²) >= 11 is 0. The third-order valence-electron chi connectivity index (χ3n) is 4.60. The van der Waals surface area contributed by atoms with Crippen LogP contribution in [0.15, 0.2) is 30.6 Å². The first-order valence-electron chi connectivity index (χ1n) is 8.68. The summed E-state index contributed by atoms with van der Waals surface area (Å²) in [6.45, 7) is 2.93. The summed E-state index contributed by atoms with van der Waals surface area (Å²) < 4.78 is 1.94. The number of aromatic nitrogens is 3. The van der Waals surface area contributed by atoms with Gasteiger partial charge in [-0.1, -0.05) is 0 Å². The largest absolute Gasteiger partial charge is 0.363 e. The second-order valence-electron chi connectivity index (χ2n) is 6.71. The van der Waals surface area contributed by atoms with E-state index in [-0.39, 0.29) is 5.91 Å². The van der Waals surface area contributed by atoms with Gasteiger partial charge in [0.25, 0.3) is 5.91 Å². The molecule has 0 bridgehead atoms. The molecule has 3 heterocycles. The van der Waals surface area contributed by atoms with Gasteiger partial charge in [0.1, 0.15) is 11.5 Å². The predicted octanol–water partition coefficient (Wildman–Crippen LogP) is 1.54. The van der Waals surface area contributed by atoms with Gasteiger partial charge in [0, 0.05) is 46.6 Å². The van der Waals surface area contributed by atoms with Crippen molar-refractivity contribution >= 4 is 11.7 Å². The SMILES string of the molecule is CNC(=O)c1ccn([C@H]2CCCN(Cc3ccnc(N(C)C)c3)C2)n1. The van der Waals surface area contributed by atoms with E-state index >= 15 is 0 Å². The number of nitrogens with one attached hydrogen (secondary N) is 1. The van der Waals surface area contributed by atoms with Gasteiger partial charge < -0.3 is 10.2 Å². The Kier molecular flexibility index (Phi) is 5.33. The third-order valence-corrected chi connectivity index (χ3v) is 4.60. The average Bonchev–Trinajstić information content (AvgIpc) is 3.11. The van der Waals surface area contributed by atoms with Gasteiger partial charge in [0.05, 0.1) is 6.04 Å².